The van der Waals surface area contributed by atoms with Crippen LogP contribution in [0.4, 0.5) is 5.69 Å². The van der Waals surface area contributed by atoms with E-state index in [0.717, 1.165) is 31.6 Å². The molecule has 1 saturated heterocycles. The molecule has 1 heterocycles. The third kappa shape index (κ3) is 4.22. The lowest BCUT2D eigenvalue weighted by Gasteiger charge is -2.37. The molecular weight excluding hydrogens is 263 g/mol. The summed E-state index contributed by atoms with van der Waals surface area (Å²) in [5, 5.41) is 13.5. The largest absolute Gasteiger partial charge is 0.427 e. The van der Waals surface area contributed by atoms with Gasteiger partial charge in [0.1, 0.15) is 0 Å². The van der Waals surface area contributed by atoms with Gasteiger partial charge >= 0.3 is 7.48 Å². The predicted molar refractivity (Wildman–Crippen MR) is 88.4 cm³/mol. The number of piperazine rings is 1. The summed E-state index contributed by atoms with van der Waals surface area (Å²) in [6.45, 7) is 11.4. The van der Waals surface area contributed by atoms with Crippen molar-refractivity contribution in [2.45, 2.75) is 38.9 Å². The number of nitrogens with one attached hydrogen (secondary N) is 1. The molecule has 4 nitrogen and oxygen atoms in total. The predicted octanol–water partition coefficient (Wildman–Crippen LogP) is 0.907. The van der Waals surface area contributed by atoms with Crippen molar-refractivity contribution in [3.8, 4) is 0 Å². The molecule has 0 spiro atoms. The Morgan fingerprint density at radius 2 is 1.86 bits per heavy atom. The summed E-state index contributed by atoms with van der Waals surface area (Å²) in [4.78, 5) is 2.37. The van der Waals surface area contributed by atoms with Gasteiger partial charge in [-0.2, -0.15) is 0 Å². The summed E-state index contributed by atoms with van der Waals surface area (Å²) in [7, 11) is 1.74. The fourth-order valence-electron chi connectivity index (χ4n) is 2.08. The Bertz CT molecular complexity index is 466. The number of hydrogen-bond donors (Lipinski definition) is 2. The normalized spacial score (nSPS) is 16.9. The van der Waals surface area contributed by atoms with Crippen LogP contribution in [0.15, 0.2) is 24.3 Å². The van der Waals surface area contributed by atoms with E-state index in [2.05, 4.69) is 22.3 Å². The molecule has 2 N–H and O–H groups in total. The van der Waals surface area contributed by atoms with Crippen LogP contribution in [0.2, 0.25) is 0 Å². The van der Waals surface area contributed by atoms with E-state index in [1.54, 1.807) is 21.3 Å². The number of anilines is 1. The Hall–Kier alpha value is -1.04. The van der Waals surface area contributed by atoms with E-state index in [1.165, 1.54) is 5.69 Å². The summed E-state index contributed by atoms with van der Waals surface area (Å²) < 4.78 is 5.82. The molecule has 21 heavy (non-hydrogen) atoms. The lowest BCUT2D eigenvalue weighted by molar-refractivity contribution is -0.0893. The number of rotatable bonds is 5. The molecular formula is C16H26BN2O2. The third-order valence-electron chi connectivity index (χ3n) is 4.32. The molecule has 0 amide bonds. The van der Waals surface area contributed by atoms with Crippen molar-refractivity contribution >= 4 is 18.6 Å². The van der Waals surface area contributed by atoms with Crippen LogP contribution < -0.4 is 15.7 Å². The van der Waals surface area contributed by atoms with Gasteiger partial charge in [0.25, 0.3) is 0 Å². The standard InChI is InChI=1S/C16H26BN2O2/c1-15(2,20)16(3,4)21-17-13-6-5-7-14(12-13)19-10-8-18-9-11-19/h5-7,12,18,20H,8-11H2,1-4H3. The molecule has 1 fully saturated rings. The van der Waals surface area contributed by atoms with Crippen molar-refractivity contribution in [3.05, 3.63) is 24.3 Å². The summed E-state index contributed by atoms with van der Waals surface area (Å²) in [6.07, 6.45) is 0. The van der Waals surface area contributed by atoms with E-state index in [4.69, 9.17) is 4.65 Å². The second-order valence-electron chi connectivity index (χ2n) is 6.64. The molecule has 5 heteroatoms. The van der Waals surface area contributed by atoms with Crippen LogP contribution in [0.1, 0.15) is 27.7 Å². The van der Waals surface area contributed by atoms with Crippen molar-refractivity contribution in [1.82, 2.24) is 5.32 Å². The number of nitrogens with zero attached hydrogens (tertiary/aromatic N) is 1. The van der Waals surface area contributed by atoms with Gasteiger partial charge in [-0.15, -0.1) is 0 Å². The van der Waals surface area contributed by atoms with Crippen LogP contribution in [0.5, 0.6) is 0 Å². The molecule has 1 aromatic carbocycles. The molecule has 1 radical (unpaired) electrons. The zero-order chi connectivity index (χ0) is 15.5. The van der Waals surface area contributed by atoms with Gasteiger partial charge in [-0.1, -0.05) is 17.6 Å². The topological polar surface area (TPSA) is 44.7 Å². The molecule has 1 aliphatic rings. The van der Waals surface area contributed by atoms with E-state index >= 15 is 0 Å². The van der Waals surface area contributed by atoms with Crippen LogP contribution in [0.25, 0.3) is 0 Å². The molecule has 0 aromatic heterocycles. The minimum Gasteiger partial charge on any atom is -0.427 e. The highest BCUT2D eigenvalue weighted by Crippen LogP contribution is 2.24. The summed E-state index contributed by atoms with van der Waals surface area (Å²) in [5.74, 6) is 0. The smallest absolute Gasteiger partial charge is 0.330 e. The lowest BCUT2D eigenvalue weighted by Crippen LogP contribution is -2.49. The summed E-state index contributed by atoms with van der Waals surface area (Å²) in [5.41, 5.74) is 0.691. The van der Waals surface area contributed by atoms with Crippen molar-refractivity contribution < 1.29 is 9.76 Å². The Kier molecular flexibility index (Phi) is 4.97. The lowest BCUT2D eigenvalue weighted by atomic mass is 9.82. The van der Waals surface area contributed by atoms with E-state index in [0.29, 0.717) is 0 Å². The SMILES string of the molecule is CC(C)(O)C(C)(C)O[B]c1cccc(N2CCNCC2)c1. The molecule has 0 bridgehead atoms. The van der Waals surface area contributed by atoms with Gasteiger partial charge in [0.15, 0.2) is 0 Å². The molecule has 0 atom stereocenters. The Balaban J connectivity index is 2.01. The molecule has 2 rings (SSSR count). The molecule has 0 unspecified atom stereocenters. The zero-order valence-electron chi connectivity index (χ0n) is 13.5. The van der Waals surface area contributed by atoms with Gasteiger partial charge in [-0.3, -0.25) is 0 Å². The Morgan fingerprint density at radius 1 is 1.19 bits per heavy atom. The average molecular weight is 289 g/mol. The number of aliphatic hydroxyl groups is 1. The monoisotopic (exact) mass is 289 g/mol. The van der Waals surface area contributed by atoms with E-state index in [1.807, 2.05) is 26.0 Å². The van der Waals surface area contributed by atoms with Crippen molar-refractivity contribution in [3.63, 3.8) is 0 Å². The maximum Gasteiger partial charge on any atom is 0.330 e. The Morgan fingerprint density at radius 3 is 2.48 bits per heavy atom. The van der Waals surface area contributed by atoms with Gasteiger partial charge < -0.3 is 20.0 Å². The maximum absolute atomic E-state index is 10.1. The fourth-order valence-corrected chi connectivity index (χ4v) is 2.08. The second-order valence-corrected chi connectivity index (χ2v) is 6.64. The van der Waals surface area contributed by atoms with E-state index < -0.39 is 11.2 Å². The average Bonchev–Trinajstić information content (AvgIpc) is 2.45. The number of benzene rings is 1. The van der Waals surface area contributed by atoms with Crippen LogP contribution in [0, 0.1) is 0 Å². The quantitative estimate of drug-likeness (QED) is 0.791. The first-order valence-electron chi connectivity index (χ1n) is 7.59. The highest BCUT2D eigenvalue weighted by molar-refractivity contribution is 6.47. The summed E-state index contributed by atoms with van der Waals surface area (Å²) in [6, 6.07) is 8.32. The highest BCUT2D eigenvalue weighted by atomic mass is 16.5. The molecule has 0 aliphatic carbocycles. The molecule has 1 aromatic rings. The highest BCUT2D eigenvalue weighted by Gasteiger charge is 2.35. The summed E-state index contributed by atoms with van der Waals surface area (Å²) >= 11 is 0. The van der Waals surface area contributed by atoms with Gasteiger partial charge in [0.05, 0.1) is 11.2 Å². The first kappa shape index (κ1) is 16.3. The van der Waals surface area contributed by atoms with Crippen molar-refractivity contribution in [2.24, 2.45) is 0 Å². The van der Waals surface area contributed by atoms with Gasteiger partial charge in [0.2, 0.25) is 0 Å². The van der Waals surface area contributed by atoms with Crippen LogP contribution in [-0.2, 0) is 4.65 Å². The van der Waals surface area contributed by atoms with Crippen molar-refractivity contribution in [1.29, 1.82) is 0 Å². The molecule has 1 aliphatic heterocycles. The van der Waals surface area contributed by atoms with Crippen LogP contribution >= 0.6 is 0 Å². The van der Waals surface area contributed by atoms with Gasteiger partial charge in [-0.25, -0.2) is 0 Å². The fraction of sp³-hybridized carbons (Fsp3) is 0.625. The zero-order valence-corrected chi connectivity index (χ0v) is 13.5. The van der Waals surface area contributed by atoms with E-state index in [-0.39, 0.29) is 0 Å². The van der Waals surface area contributed by atoms with Gasteiger partial charge in [-0.05, 0) is 39.8 Å². The van der Waals surface area contributed by atoms with Crippen LogP contribution in [-0.4, -0.2) is 50.0 Å². The van der Waals surface area contributed by atoms with Crippen molar-refractivity contribution in [2.75, 3.05) is 31.1 Å². The van der Waals surface area contributed by atoms with Gasteiger partial charge in [0, 0.05) is 31.9 Å². The first-order chi connectivity index (χ1) is 9.79. The number of hydrogen-bond acceptors (Lipinski definition) is 4. The molecule has 0 saturated carbocycles. The maximum atomic E-state index is 10.1. The third-order valence-corrected chi connectivity index (χ3v) is 4.32. The first-order valence-corrected chi connectivity index (χ1v) is 7.59. The minimum atomic E-state index is -0.903. The minimum absolute atomic E-state index is 0.641. The molecule has 115 valence electrons. The van der Waals surface area contributed by atoms with E-state index in [9.17, 15) is 5.11 Å². The Labute approximate surface area is 128 Å². The second kappa shape index (κ2) is 6.38. The van der Waals surface area contributed by atoms with Crippen LogP contribution in [0.3, 0.4) is 0 Å².